The smallest absolute Gasteiger partial charge is 0.213 e. The molecule has 24 heavy (non-hydrogen) atoms. The Morgan fingerprint density at radius 1 is 1.00 bits per heavy atom. The van der Waals surface area contributed by atoms with Crippen molar-refractivity contribution in [3.05, 3.63) is 65.4 Å². The molecule has 0 bridgehead atoms. The van der Waals surface area contributed by atoms with E-state index in [0.29, 0.717) is 25.7 Å². The van der Waals surface area contributed by atoms with Gasteiger partial charge in [-0.3, -0.25) is 0 Å². The van der Waals surface area contributed by atoms with E-state index in [-0.39, 0.29) is 6.29 Å². The Bertz CT molecular complexity index is 614. The van der Waals surface area contributed by atoms with Gasteiger partial charge in [0.2, 0.25) is 5.88 Å². The van der Waals surface area contributed by atoms with E-state index >= 15 is 0 Å². The fourth-order valence-electron chi connectivity index (χ4n) is 2.16. The van der Waals surface area contributed by atoms with E-state index in [2.05, 4.69) is 4.98 Å². The maximum Gasteiger partial charge on any atom is 0.213 e. The summed E-state index contributed by atoms with van der Waals surface area (Å²) in [4.78, 5) is 4.20. The van der Waals surface area contributed by atoms with E-state index in [0.717, 1.165) is 16.7 Å². The third-order valence-electron chi connectivity index (χ3n) is 3.37. The van der Waals surface area contributed by atoms with Gasteiger partial charge in [-0.2, -0.15) is 0 Å². The van der Waals surface area contributed by atoms with Crippen LogP contribution in [0.1, 0.15) is 36.8 Å². The van der Waals surface area contributed by atoms with Gasteiger partial charge in [-0.15, -0.1) is 0 Å². The van der Waals surface area contributed by atoms with Gasteiger partial charge < -0.3 is 14.2 Å². The molecular weight excluding hydrogens is 302 g/mol. The lowest BCUT2D eigenvalue weighted by molar-refractivity contribution is -0.140. The van der Waals surface area contributed by atoms with Crippen molar-refractivity contribution in [2.24, 2.45) is 0 Å². The van der Waals surface area contributed by atoms with Crippen molar-refractivity contribution in [2.45, 2.75) is 27.1 Å². The molecule has 1 aromatic carbocycles. The fourth-order valence-corrected chi connectivity index (χ4v) is 2.16. The summed E-state index contributed by atoms with van der Waals surface area (Å²) in [6.07, 6.45) is 5.49. The van der Waals surface area contributed by atoms with Gasteiger partial charge in [0.05, 0.1) is 0 Å². The van der Waals surface area contributed by atoms with Gasteiger partial charge in [0.15, 0.2) is 6.29 Å². The summed E-state index contributed by atoms with van der Waals surface area (Å²) in [5.74, 6) is 0.636. The number of pyridine rings is 1. The van der Waals surface area contributed by atoms with Crippen LogP contribution in [0.15, 0.2) is 48.7 Å². The maximum absolute atomic E-state index is 5.60. The number of hydrogen-bond acceptors (Lipinski definition) is 4. The number of rotatable bonds is 9. The quantitative estimate of drug-likeness (QED) is 0.633. The number of aryl methyl sites for hydroxylation is 1. The molecule has 1 aromatic heterocycles. The predicted molar refractivity (Wildman–Crippen MR) is 95.9 cm³/mol. The van der Waals surface area contributed by atoms with Crippen LogP contribution in [0.2, 0.25) is 0 Å². The highest BCUT2D eigenvalue weighted by Gasteiger charge is 2.10. The lowest BCUT2D eigenvalue weighted by Gasteiger charge is -2.17. The molecule has 2 aromatic rings. The molecular formula is C20H25NO3. The summed E-state index contributed by atoms with van der Waals surface area (Å²) in [5, 5.41) is 0. The van der Waals surface area contributed by atoms with Crippen molar-refractivity contribution in [3.63, 3.8) is 0 Å². The van der Waals surface area contributed by atoms with Gasteiger partial charge in [0, 0.05) is 31.0 Å². The van der Waals surface area contributed by atoms with Crippen molar-refractivity contribution in [3.8, 4) is 5.88 Å². The number of ether oxygens (including phenoxy) is 3. The molecule has 0 atom stereocenters. The van der Waals surface area contributed by atoms with Crippen molar-refractivity contribution in [2.75, 3.05) is 19.8 Å². The van der Waals surface area contributed by atoms with Crippen LogP contribution in [-0.2, 0) is 9.47 Å². The number of hydrogen-bond donors (Lipinski definition) is 0. The molecule has 0 radical (unpaired) electrons. The lowest BCUT2D eigenvalue weighted by atomic mass is 10.1. The van der Waals surface area contributed by atoms with Gasteiger partial charge in [-0.05, 0) is 38.0 Å². The largest absolute Gasteiger partial charge is 0.473 e. The van der Waals surface area contributed by atoms with Gasteiger partial charge in [0.1, 0.15) is 6.61 Å². The van der Waals surface area contributed by atoms with Gasteiger partial charge in [-0.1, -0.05) is 36.4 Å². The minimum absolute atomic E-state index is 0.297. The minimum atomic E-state index is -0.297. The predicted octanol–water partition coefficient (Wildman–Crippen LogP) is 4.55. The van der Waals surface area contributed by atoms with E-state index in [1.54, 1.807) is 6.20 Å². The molecule has 0 amide bonds. The monoisotopic (exact) mass is 327 g/mol. The van der Waals surface area contributed by atoms with Crippen LogP contribution in [0.5, 0.6) is 5.88 Å². The highest BCUT2D eigenvalue weighted by Crippen LogP contribution is 2.19. The molecule has 0 aliphatic carbocycles. The molecule has 128 valence electrons. The van der Waals surface area contributed by atoms with Crippen LogP contribution >= 0.6 is 0 Å². The third kappa shape index (κ3) is 5.80. The first kappa shape index (κ1) is 18.2. The Kier molecular flexibility index (Phi) is 7.46. The molecule has 0 aliphatic rings. The average Bonchev–Trinajstić information content (AvgIpc) is 2.61. The zero-order valence-electron chi connectivity index (χ0n) is 14.6. The zero-order valence-corrected chi connectivity index (χ0v) is 14.6. The molecule has 4 heteroatoms. The third-order valence-corrected chi connectivity index (χ3v) is 3.37. The van der Waals surface area contributed by atoms with Crippen molar-refractivity contribution >= 4 is 6.08 Å². The second kappa shape index (κ2) is 9.85. The number of nitrogens with zero attached hydrogens (tertiary/aromatic N) is 1. The molecule has 0 aliphatic heterocycles. The van der Waals surface area contributed by atoms with E-state index in [9.17, 15) is 0 Å². The van der Waals surface area contributed by atoms with E-state index in [1.807, 2.05) is 69.3 Å². The summed E-state index contributed by atoms with van der Waals surface area (Å²) in [7, 11) is 0. The van der Waals surface area contributed by atoms with E-state index in [4.69, 9.17) is 14.2 Å². The van der Waals surface area contributed by atoms with Gasteiger partial charge in [0.25, 0.3) is 0 Å². The molecule has 0 saturated carbocycles. The molecule has 4 nitrogen and oxygen atoms in total. The molecule has 0 unspecified atom stereocenters. The average molecular weight is 327 g/mol. The zero-order chi connectivity index (χ0) is 17.2. The summed E-state index contributed by atoms with van der Waals surface area (Å²) in [6, 6.07) is 12.0. The second-order valence-corrected chi connectivity index (χ2v) is 5.30. The first-order chi connectivity index (χ1) is 11.7. The van der Waals surface area contributed by atoms with Gasteiger partial charge >= 0.3 is 0 Å². The molecule has 0 saturated heterocycles. The fraction of sp³-hybridized carbons (Fsp3) is 0.350. The number of aromatic nitrogens is 1. The molecule has 2 rings (SSSR count). The number of benzene rings is 1. The standard InChI is InChI=1S/C20H25NO3/c1-4-22-20(23-5-2)18-11-9-17(10-12-18)7-6-14-24-19-13-8-16(3)15-21-19/h6-13,15,20H,4-5,14H2,1-3H3/b7-6+. The SMILES string of the molecule is CCOC(OCC)c1ccc(/C=C/COc2ccc(C)cn2)cc1. The van der Waals surface area contributed by atoms with Crippen LogP contribution in [0.25, 0.3) is 6.08 Å². The van der Waals surface area contributed by atoms with Crippen LogP contribution in [-0.4, -0.2) is 24.8 Å². The van der Waals surface area contributed by atoms with Crippen molar-refractivity contribution < 1.29 is 14.2 Å². The van der Waals surface area contributed by atoms with E-state index in [1.165, 1.54) is 0 Å². The van der Waals surface area contributed by atoms with Crippen molar-refractivity contribution in [1.29, 1.82) is 0 Å². The van der Waals surface area contributed by atoms with Crippen LogP contribution in [0, 0.1) is 6.92 Å². The van der Waals surface area contributed by atoms with Crippen LogP contribution < -0.4 is 4.74 Å². The highest BCUT2D eigenvalue weighted by molar-refractivity contribution is 5.49. The Hall–Kier alpha value is -2.17. The maximum atomic E-state index is 5.60. The topological polar surface area (TPSA) is 40.6 Å². The first-order valence-corrected chi connectivity index (χ1v) is 8.28. The minimum Gasteiger partial charge on any atom is -0.473 e. The molecule has 0 fully saturated rings. The molecule has 1 heterocycles. The molecule has 0 N–H and O–H groups in total. The summed E-state index contributed by atoms with van der Waals surface area (Å²) in [6.45, 7) is 7.66. The summed E-state index contributed by atoms with van der Waals surface area (Å²) in [5.41, 5.74) is 3.25. The summed E-state index contributed by atoms with van der Waals surface area (Å²) >= 11 is 0. The van der Waals surface area contributed by atoms with Gasteiger partial charge in [-0.25, -0.2) is 4.98 Å². The Labute approximate surface area is 144 Å². The Morgan fingerprint density at radius 2 is 1.71 bits per heavy atom. The van der Waals surface area contributed by atoms with Crippen LogP contribution in [0.4, 0.5) is 0 Å². The Balaban J connectivity index is 1.87. The normalized spacial score (nSPS) is 11.3. The first-order valence-electron chi connectivity index (χ1n) is 8.28. The van der Waals surface area contributed by atoms with Crippen molar-refractivity contribution in [1.82, 2.24) is 4.98 Å². The lowest BCUT2D eigenvalue weighted by Crippen LogP contribution is -2.08. The summed E-state index contributed by atoms with van der Waals surface area (Å²) < 4.78 is 16.8. The Morgan fingerprint density at radius 3 is 2.29 bits per heavy atom. The molecule has 0 spiro atoms. The second-order valence-electron chi connectivity index (χ2n) is 5.30. The highest BCUT2D eigenvalue weighted by atomic mass is 16.7. The van der Waals surface area contributed by atoms with E-state index < -0.39 is 0 Å². The van der Waals surface area contributed by atoms with Crippen LogP contribution in [0.3, 0.4) is 0 Å².